The maximum Gasteiger partial charge on any atom is 0.179 e. The van der Waals surface area contributed by atoms with Crippen molar-refractivity contribution >= 4 is 32.1 Å². The Hall–Kier alpha value is -2.60. The Kier molecular flexibility index (Phi) is 3.25. The third-order valence-electron chi connectivity index (χ3n) is 4.42. The number of aromatic nitrogens is 1. The van der Waals surface area contributed by atoms with E-state index in [1.54, 1.807) is 24.4 Å². The molecule has 1 aliphatic heterocycles. The summed E-state index contributed by atoms with van der Waals surface area (Å²) < 4.78 is 24.3. The Balaban J connectivity index is 1.90. The average Bonchev–Trinajstić information content (AvgIpc) is 2.86. The van der Waals surface area contributed by atoms with Crippen molar-refractivity contribution in [2.24, 2.45) is 0 Å². The predicted molar refractivity (Wildman–Crippen MR) is 93.6 cm³/mol. The van der Waals surface area contributed by atoms with E-state index in [2.05, 4.69) is 10.3 Å². The minimum absolute atomic E-state index is 0.140. The average molecular weight is 340 g/mol. The first kappa shape index (κ1) is 15.0. The fraction of sp³-hybridized carbons (Fsp3) is 0.167. The van der Waals surface area contributed by atoms with Gasteiger partial charge in [0.25, 0.3) is 0 Å². The van der Waals surface area contributed by atoms with Crippen molar-refractivity contribution in [2.45, 2.75) is 18.2 Å². The number of aromatic hydroxyl groups is 1. The standard InChI is InChI=1S/C18H16N2O3S/c1-11-2-3-12(10-16(11)21)20-15-6-8-19-14-4-5-17-13(18(14)15)7-9-24(17,22)23/h2-6,8,10,21H,7,9H2,1H3,(H,19,20). The molecule has 6 heteroatoms. The Morgan fingerprint density at radius 3 is 2.79 bits per heavy atom. The number of benzene rings is 2. The number of hydrogen-bond acceptors (Lipinski definition) is 5. The molecule has 0 spiro atoms. The molecule has 0 radical (unpaired) electrons. The number of anilines is 2. The van der Waals surface area contributed by atoms with Gasteiger partial charge in [0.1, 0.15) is 5.75 Å². The minimum Gasteiger partial charge on any atom is -0.508 e. The molecule has 1 aromatic heterocycles. The second-order valence-electron chi connectivity index (χ2n) is 5.99. The van der Waals surface area contributed by atoms with E-state index in [-0.39, 0.29) is 11.5 Å². The molecule has 5 nitrogen and oxygen atoms in total. The van der Waals surface area contributed by atoms with Crippen molar-refractivity contribution in [3.63, 3.8) is 0 Å². The van der Waals surface area contributed by atoms with E-state index in [0.717, 1.165) is 33.4 Å². The first-order chi connectivity index (χ1) is 11.5. The van der Waals surface area contributed by atoms with Gasteiger partial charge in [0.15, 0.2) is 9.84 Å². The molecule has 0 amide bonds. The molecule has 2 aromatic carbocycles. The largest absolute Gasteiger partial charge is 0.508 e. The summed E-state index contributed by atoms with van der Waals surface area (Å²) in [4.78, 5) is 4.76. The molecule has 0 bridgehead atoms. The van der Waals surface area contributed by atoms with Crippen LogP contribution in [0.2, 0.25) is 0 Å². The van der Waals surface area contributed by atoms with E-state index in [9.17, 15) is 13.5 Å². The second kappa shape index (κ2) is 5.21. The van der Waals surface area contributed by atoms with Crippen LogP contribution >= 0.6 is 0 Å². The van der Waals surface area contributed by atoms with Crippen LogP contribution in [-0.2, 0) is 16.3 Å². The third kappa shape index (κ3) is 2.30. The molecule has 0 aliphatic carbocycles. The molecule has 122 valence electrons. The third-order valence-corrected chi connectivity index (χ3v) is 6.21. The highest BCUT2D eigenvalue weighted by Crippen LogP contribution is 2.36. The Morgan fingerprint density at radius 2 is 2.00 bits per heavy atom. The van der Waals surface area contributed by atoms with E-state index in [1.165, 1.54) is 0 Å². The van der Waals surface area contributed by atoms with Crippen LogP contribution in [0.4, 0.5) is 11.4 Å². The number of hydrogen-bond donors (Lipinski definition) is 2. The van der Waals surface area contributed by atoms with Crippen LogP contribution in [0.25, 0.3) is 10.9 Å². The van der Waals surface area contributed by atoms with Gasteiger partial charge in [-0.2, -0.15) is 0 Å². The lowest BCUT2D eigenvalue weighted by Crippen LogP contribution is -1.99. The van der Waals surface area contributed by atoms with Crippen LogP contribution in [0.5, 0.6) is 5.75 Å². The Morgan fingerprint density at radius 1 is 1.17 bits per heavy atom. The highest BCUT2D eigenvalue weighted by molar-refractivity contribution is 7.91. The van der Waals surface area contributed by atoms with E-state index >= 15 is 0 Å². The molecular weight excluding hydrogens is 324 g/mol. The summed E-state index contributed by atoms with van der Waals surface area (Å²) in [6.45, 7) is 1.83. The summed E-state index contributed by atoms with van der Waals surface area (Å²) in [6, 6.07) is 10.6. The van der Waals surface area contributed by atoms with Gasteiger partial charge >= 0.3 is 0 Å². The van der Waals surface area contributed by atoms with Gasteiger partial charge in [-0.3, -0.25) is 4.98 Å². The van der Waals surface area contributed by atoms with Crippen molar-refractivity contribution < 1.29 is 13.5 Å². The fourth-order valence-corrected chi connectivity index (χ4v) is 4.68. The van der Waals surface area contributed by atoms with Gasteiger partial charge in [-0.05, 0) is 48.7 Å². The second-order valence-corrected chi connectivity index (χ2v) is 8.07. The molecule has 3 aromatic rings. The number of nitrogens with one attached hydrogen (secondary N) is 1. The van der Waals surface area contributed by atoms with E-state index < -0.39 is 9.84 Å². The normalized spacial score (nSPS) is 15.4. The summed E-state index contributed by atoms with van der Waals surface area (Å²) in [5, 5.41) is 14.0. The lowest BCUT2D eigenvalue weighted by Gasteiger charge is -2.13. The number of rotatable bonds is 2. The van der Waals surface area contributed by atoms with Crippen molar-refractivity contribution in [1.29, 1.82) is 0 Å². The monoisotopic (exact) mass is 340 g/mol. The smallest absolute Gasteiger partial charge is 0.179 e. The first-order valence-corrected chi connectivity index (χ1v) is 9.31. The van der Waals surface area contributed by atoms with E-state index in [0.29, 0.717) is 11.3 Å². The van der Waals surface area contributed by atoms with Gasteiger partial charge in [0.05, 0.1) is 16.2 Å². The molecule has 4 rings (SSSR count). The molecule has 2 N–H and O–H groups in total. The fourth-order valence-electron chi connectivity index (χ4n) is 3.13. The summed E-state index contributed by atoms with van der Waals surface area (Å²) in [5.41, 5.74) is 3.90. The van der Waals surface area contributed by atoms with Crippen LogP contribution in [0.1, 0.15) is 11.1 Å². The van der Waals surface area contributed by atoms with Crippen LogP contribution < -0.4 is 5.32 Å². The zero-order valence-corrected chi connectivity index (χ0v) is 13.9. The van der Waals surface area contributed by atoms with E-state index in [1.807, 2.05) is 25.1 Å². The zero-order valence-electron chi connectivity index (χ0n) is 13.1. The van der Waals surface area contributed by atoms with Crippen molar-refractivity contribution in [2.75, 3.05) is 11.1 Å². The van der Waals surface area contributed by atoms with Gasteiger partial charge in [0.2, 0.25) is 0 Å². The number of phenolic OH excluding ortho intramolecular Hbond substituents is 1. The van der Waals surface area contributed by atoms with Gasteiger partial charge in [-0.15, -0.1) is 0 Å². The molecule has 0 saturated carbocycles. The molecule has 0 fully saturated rings. The minimum atomic E-state index is -3.19. The summed E-state index contributed by atoms with van der Waals surface area (Å²) >= 11 is 0. The van der Waals surface area contributed by atoms with Gasteiger partial charge in [0, 0.05) is 29.0 Å². The first-order valence-electron chi connectivity index (χ1n) is 7.66. The summed E-state index contributed by atoms with van der Waals surface area (Å²) in [5.74, 6) is 0.354. The van der Waals surface area contributed by atoms with Gasteiger partial charge in [-0.1, -0.05) is 6.07 Å². The number of pyridine rings is 1. The number of aryl methyl sites for hydroxylation is 2. The number of fused-ring (bicyclic) bond motifs is 3. The molecule has 0 unspecified atom stereocenters. The maximum atomic E-state index is 12.2. The van der Waals surface area contributed by atoms with Crippen molar-refractivity contribution in [3.05, 3.63) is 53.7 Å². The summed E-state index contributed by atoms with van der Waals surface area (Å²) in [6.07, 6.45) is 2.18. The molecule has 1 aliphatic rings. The highest BCUT2D eigenvalue weighted by atomic mass is 32.2. The SMILES string of the molecule is Cc1ccc(Nc2ccnc3ccc4c(c23)CCS4(=O)=O)cc1O. The maximum absolute atomic E-state index is 12.2. The Bertz CT molecular complexity index is 1080. The van der Waals surface area contributed by atoms with Gasteiger partial charge < -0.3 is 10.4 Å². The number of sulfone groups is 1. The van der Waals surface area contributed by atoms with Gasteiger partial charge in [-0.25, -0.2) is 8.42 Å². The van der Waals surface area contributed by atoms with Crippen LogP contribution in [0.3, 0.4) is 0 Å². The lowest BCUT2D eigenvalue weighted by atomic mass is 10.0. The topological polar surface area (TPSA) is 79.3 Å². The molecule has 0 saturated heterocycles. The molecule has 24 heavy (non-hydrogen) atoms. The van der Waals surface area contributed by atoms with Crippen LogP contribution in [-0.4, -0.2) is 24.3 Å². The quantitative estimate of drug-likeness (QED) is 0.748. The highest BCUT2D eigenvalue weighted by Gasteiger charge is 2.28. The van der Waals surface area contributed by atoms with Crippen LogP contribution in [0.15, 0.2) is 47.5 Å². The lowest BCUT2D eigenvalue weighted by molar-refractivity contribution is 0.471. The zero-order chi connectivity index (χ0) is 16.9. The molecule has 2 heterocycles. The van der Waals surface area contributed by atoms with Crippen molar-refractivity contribution in [1.82, 2.24) is 4.98 Å². The molecular formula is C18H16N2O3S. The summed E-state index contributed by atoms with van der Waals surface area (Å²) in [7, 11) is -3.19. The predicted octanol–water partition coefficient (Wildman–Crippen LogP) is 3.32. The number of phenols is 1. The Labute approximate surface area is 139 Å². The van der Waals surface area contributed by atoms with Crippen LogP contribution in [0, 0.1) is 6.92 Å². The van der Waals surface area contributed by atoms with E-state index in [4.69, 9.17) is 0 Å². The molecule has 0 atom stereocenters. The number of nitrogens with zero attached hydrogens (tertiary/aromatic N) is 1. The van der Waals surface area contributed by atoms with Crippen molar-refractivity contribution in [3.8, 4) is 5.75 Å².